The van der Waals surface area contributed by atoms with Crippen molar-refractivity contribution in [1.29, 1.82) is 0 Å². The van der Waals surface area contributed by atoms with Crippen molar-refractivity contribution in [1.82, 2.24) is 9.55 Å². The molecule has 3 aromatic carbocycles. The van der Waals surface area contributed by atoms with Gasteiger partial charge in [0.15, 0.2) is 12.5 Å². The summed E-state index contributed by atoms with van der Waals surface area (Å²) in [6, 6.07) is 31.2. The molecule has 1 aliphatic rings. The first kappa shape index (κ1) is 20.9. The first-order chi connectivity index (χ1) is 16.2. The quantitative estimate of drug-likeness (QED) is 0.365. The minimum absolute atomic E-state index is 0.456. The van der Waals surface area contributed by atoms with E-state index >= 15 is 0 Å². The predicted octanol–water partition coefficient (Wildman–Crippen LogP) is 3.96. The molecular weight excluding hydrogens is 416 g/mol. The molecule has 0 aliphatic carbocycles. The third-order valence-corrected chi connectivity index (χ3v) is 5.67. The zero-order valence-corrected chi connectivity index (χ0v) is 17.7. The van der Waals surface area contributed by atoms with Crippen LogP contribution in [0.3, 0.4) is 0 Å². The molecule has 4 aromatic rings. The van der Waals surface area contributed by atoms with E-state index in [1.807, 2.05) is 91.0 Å². The Morgan fingerprint density at radius 3 is 1.73 bits per heavy atom. The Morgan fingerprint density at radius 2 is 1.24 bits per heavy atom. The molecule has 0 bridgehead atoms. The lowest BCUT2D eigenvalue weighted by Crippen LogP contribution is -2.37. The van der Waals surface area contributed by atoms with E-state index in [0.29, 0.717) is 0 Å². The summed E-state index contributed by atoms with van der Waals surface area (Å²) in [5.41, 5.74) is 0.890. The largest absolute Gasteiger partial charge is 0.330 e. The van der Waals surface area contributed by atoms with E-state index in [0.717, 1.165) is 16.7 Å². The number of ether oxygens (including phenoxy) is 2. The van der Waals surface area contributed by atoms with Crippen molar-refractivity contribution in [2.45, 2.75) is 18.1 Å². The standard InChI is InChI=1S/C27H22N2O4/c30-23-18-19-29(26(31)28-23)24-16-17-25(32-24)33-27(20-10-4-1-5-11-20,21-12-6-2-7-13-21)22-14-8-3-9-15-22/h1-19,24-25H,(H,28,30,31)/t24-,25+/m0/s1. The van der Waals surface area contributed by atoms with E-state index < -0.39 is 29.4 Å². The molecule has 164 valence electrons. The van der Waals surface area contributed by atoms with Crippen molar-refractivity contribution < 1.29 is 9.47 Å². The van der Waals surface area contributed by atoms with E-state index in [9.17, 15) is 9.59 Å². The van der Waals surface area contributed by atoms with Crippen LogP contribution in [0.5, 0.6) is 0 Å². The number of rotatable bonds is 6. The van der Waals surface area contributed by atoms with E-state index in [1.54, 1.807) is 12.2 Å². The van der Waals surface area contributed by atoms with Gasteiger partial charge in [0.05, 0.1) is 0 Å². The fourth-order valence-corrected chi connectivity index (χ4v) is 4.16. The Bertz CT molecular complexity index is 1270. The molecule has 0 radical (unpaired) electrons. The van der Waals surface area contributed by atoms with Gasteiger partial charge in [0.25, 0.3) is 5.56 Å². The summed E-state index contributed by atoms with van der Waals surface area (Å²) in [6.45, 7) is 0. The monoisotopic (exact) mass is 438 g/mol. The molecule has 0 fully saturated rings. The van der Waals surface area contributed by atoms with Crippen LogP contribution in [0.25, 0.3) is 0 Å². The molecule has 33 heavy (non-hydrogen) atoms. The second kappa shape index (κ2) is 8.86. The summed E-state index contributed by atoms with van der Waals surface area (Å²) >= 11 is 0. The minimum Gasteiger partial charge on any atom is -0.328 e. The SMILES string of the molecule is O=c1ccn([C@@H]2C=C[C@@H](OC(c3ccccc3)(c3ccccc3)c3ccccc3)O2)c(=O)[nH]1. The number of aromatic nitrogens is 2. The van der Waals surface area contributed by atoms with Crippen LogP contribution in [0.15, 0.2) is 125 Å². The molecule has 2 atom stereocenters. The highest BCUT2D eigenvalue weighted by Crippen LogP contribution is 2.42. The molecule has 5 rings (SSSR count). The van der Waals surface area contributed by atoms with E-state index in [2.05, 4.69) is 4.98 Å². The second-order valence-electron chi connectivity index (χ2n) is 7.69. The number of benzene rings is 3. The minimum atomic E-state index is -0.955. The molecule has 0 saturated carbocycles. The predicted molar refractivity (Wildman–Crippen MR) is 125 cm³/mol. The van der Waals surface area contributed by atoms with Crippen LogP contribution in [0, 0.1) is 0 Å². The van der Waals surface area contributed by atoms with Crippen LogP contribution in [0.1, 0.15) is 22.9 Å². The van der Waals surface area contributed by atoms with Gasteiger partial charge in [-0.05, 0) is 28.8 Å². The number of nitrogens with one attached hydrogen (secondary N) is 1. The van der Waals surface area contributed by atoms with Gasteiger partial charge in [-0.25, -0.2) is 4.79 Å². The number of nitrogens with zero attached hydrogens (tertiary/aromatic N) is 1. The van der Waals surface area contributed by atoms with Gasteiger partial charge in [-0.15, -0.1) is 0 Å². The van der Waals surface area contributed by atoms with Crippen molar-refractivity contribution >= 4 is 0 Å². The molecule has 0 amide bonds. The first-order valence-corrected chi connectivity index (χ1v) is 10.7. The van der Waals surface area contributed by atoms with Crippen LogP contribution in [0.2, 0.25) is 0 Å². The number of hydrogen-bond acceptors (Lipinski definition) is 4. The van der Waals surface area contributed by atoms with Gasteiger partial charge in [-0.3, -0.25) is 14.3 Å². The van der Waals surface area contributed by atoms with Crippen molar-refractivity contribution in [2.75, 3.05) is 0 Å². The Kier molecular flexibility index (Phi) is 5.60. The second-order valence-corrected chi connectivity index (χ2v) is 7.69. The maximum atomic E-state index is 12.2. The van der Waals surface area contributed by atoms with Crippen molar-refractivity contribution in [3.63, 3.8) is 0 Å². The maximum Gasteiger partial charge on any atom is 0.330 e. The molecule has 1 aromatic heterocycles. The van der Waals surface area contributed by atoms with Crippen molar-refractivity contribution in [2.24, 2.45) is 0 Å². The van der Waals surface area contributed by atoms with Crippen LogP contribution in [0.4, 0.5) is 0 Å². The smallest absolute Gasteiger partial charge is 0.328 e. The molecule has 1 aliphatic heterocycles. The molecule has 2 heterocycles. The van der Waals surface area contributed by atoms with Gasteiger partial charge in [-0.1, -0.05) is 91.0 Å². The summed E-state index contributed by atoms with van der Waals surface area (Å²) in [4.78, 5) is 25.9. The van der Waals surface area contributed by atoms with Gasteiger partial charge in [0, 0.05) is 12.3 Å². The Labute approximate surface area is 190 Å². The highest BCUT2D eigenvalue weighted by molar-refractivity contribution is 5.47. The molecule has 1 N–H and O–H groups in total. The Hall–Kier alpha value is -4.00. The van der Waals surface area contributed by atoms with Gasteiger partial charge >= 0.3 is 5.69 Å². The lowest BCUT2D eigenvalue weighted by molar-refractivity contribution is -0.180. The van der Waals surface area contributed by atoms with Gasteiger partial charge in [0.1, 0.15) is 5.60 Å². The average molecular weight is 438 g/mol. The third-order valence-electron chi connectivity index (χ3n) is 5.67. The van der Waals surface area contributed by atoms with Crippen LogP contribution >= 0.6 is 0 Å². The maximum absolute atomic E-state index is 12.2. The molecule has 0 saturated heterocycles. The summed E-state index contributed by atoms with van der Waals surface area (Å²) in [6.07, 6.45) is 3.51. The number of aromatic amines is 1. The molecule has 6 nitrogen and oxygen atoms in total. The fraction of sp³-hybridized carbons (Fsp3) is 0.111. The normalized spacial score (nSPS) is 17.8. The summed E-state index contributed by atoms with van der Waals surface area (Å²) in [5, 5.41) is 0. The molecule has 0 spiro atoms. The zero-order valence-electron chi connectivity index (χ0n) is 17.7. The summed E-state index contributed by atoms with van der Waals surface area (Å²) < 4.78 is 14.2. The van der Waals surface area contributed by atoms with Crippen molar-refractivity contribution in [3.05, 3.63) is 153 Å². The van der Waals surface area contributed by atoms with Crippen LogP contribution in [-0.2, 0) is 15.1 Å². The average Bonchev–Trinajstić information content (AvgIpc) is 3.32. The highest BCUT2D eigenvalue weighted by atomic mass is 16.7. The number of H-pyrrole nitrogens is 1. The Morgan fingerprint density at radius 1 is 0.727 bits per heavy atom. The lowest BCUT2D eigenvalue weighted by Gasteiger charge is -2.37. The summed E-state index contributed by atoms with van der Waals surface area (Å²) in [5.74, 6) is 0. The fourth-order valence-electron chi connectivity index (χ4n) is 4.16. The summed E-state index contributed by atoms with van der Waals surface area (Å²) in [7, 11) is 0. The van der Waals surface area contributed by atoms with Gasteiger partial charge in [0.2, 0.25) is 0 Å². The topological polar surface area (TPSA) is 73.3 Å². The highest BCUT2D eigenvalue weighted by Gasteiger charge is 2.41. The molecular formula is C27H22N2O4. The van der Waals surface area contributed by atoms with Gasteiger partial charge in [-0.2, -0.15) is 0 Å². The van der Waals surface area contributed by atoms with Crippen LogP contribution in [-0.4, -0.2) is 15.8 Å². The molecule has 0 unspecified atom stereocenters. The van der Waals surface area contributed by atoms with E-state index in [1.165, 1.54) is 16.8 Å². The first-order valence-electron chi connectivity index (χ1n) is 10.7. The molecule has 6 heteroatoms. The zero-order chi connectivity index (χ0) is 22.7. The van der Waals surface area contributed by atoms with E-state index in [-0.39, 0.29) is 0 Å². The third kappa shape index (κ3) is 3.98. The van der Waals surface area contributed by atoms with E-state index in [4.69, 9.17) is 9.47 Å². The lowest BCUT2D eigenvalue weighted by atomic mass is 9.80. The van der Waals surface area contributed by atoms with Crippen LogP contribution < -0.4 is 11.2 Å². The van der Waals surface area contributed by atoms with Crippen molar-refractivity contribution in [3.8, 4) is 0 Å². The number of hydrogen-bond donors (Lipinski definition) is 1. The Balaban J connectivity index is 1.58. The van der Waals surface area contributed by atoms with Gasteiger partial charge < -0.3 is 9.47 Å².